The Morgan fingerprint density at radius 2 is 2.11 bits per heavy atom. The van der Waals surface area contributed by atoms with Crippen LogP contribution >= 0.6 is 0 Å². The van der Waals surface area contributed by atoms with Gasteiger partial charge in [-0.05, 0) is 25.3 Å². The molecule has 0 saturated carbocycles. The molecule has 3 N–H and O–H groups in total. The molecule has 0 saturated heterocycles. The van der Waals surface area contributed by atoms with Crippen molar-refractivity contribution in [2.24, 2.45) is 5.92 Å². The predicted octanol–water partition coefficient (Wildman–Crippen LogP) is 1.35. The molecule has 0 radical (unpaired) electrons. The Kier molecular flexibility index (Phi) is 5.09. The summed E-state index contributed by atoms with van der Waals surface area (Å²) in [5, 5.41) is 12.3. The largest absolute Gasteiger partial charge is 0.393 e. The smallest absolute Gasteiger partial charge is 0.267 e. The molecule has 18 heavy (non-hydrogen) atoms. The molecule has 0 bridgehead atoms. The molecule has 0 spiro atoms. The molecule has 1 amide bonds. The number of aliphatic hydroxyl groups is 1. The van der Waals surface area contributed by atoms with Crippen LogP contribution in [0, 0.1) is 5.92 Å². The Labute approximate surface area is 107 Å². The number of H-pyrrole nitrogens is 1. The molecule has 1 rings (SSSR count). The molecule has 1 atom stereocenters. The minimum atomic E-state index is -0.415. The SMILES string of the molecule is CC(=O)c1c[nH]c(C(=O)NCCC(O)C(C)C)c1. The Bertz CT molecular complexity index is 424. The number of nitrogens with one attached hydrogen (secondary N) is 2. The van der Waals surface area contributed by atoms with E-state index in [9.17, 15) is 14.7 Å². The number of rotatable bonds is 6. The second-order valence-electron chi connectivity index (χ2n) is 4.71. The van der Waals surface area contributed by atoms with E-state index in [0.29, 0.717) is 24.2 Å². The molecule has 5 nitrogen and oxygen atoms in total. The van der Waals surface area contributed by atoms with E-state index in [1.165, 1.54) is 19.2 Å². The number of carbonyl (C=O) groups is 2. The molecule has 5 heteroatoms. The number of hydrogen-bond acceptors (Lipinski definition) is 3. The van der Waals surface area contributed by atoms with Crippen LogP contribution in [0.3, 0.4) is 0 Å². The minimum Gasteiger partial charge on any atom is -0.393 e. The van der Waals surface area contributed by atoms with E-state index in [1.807, 2.05) is 13.8 Å². The molecule has 1 unspecified atom stereocenters. The molecule has 0 aliphatic heterocycles. The zero-order valence-electron chi connectivity index (χ0n) is 11.0. The second kappa shape index (κ2) is 6.35. The first-order valence-corrected chi connectivity index (χ1v) is 6.07. The highest BCUT2D eigenvalue weighted by Crippen LogP contribution is 2.06. The van der Waals surface area contributed by atoms with E-state index >= 15 is 0 Å². The highest BCUT2D eigenvalue weighted by Gasteiger charge is 2.12. The van der Waals surface area contributed by atoms with Crippen molar-refractivity contribution in [3.8, 4) is 0 Å². The third-order valence-corrected chi connectivity index (χ3v) is 2.83. The van der Waals surface area contributed by atoms with Crippen molar-refractivity contribution in [1.82, 2.24) is 10.3 Å². The van der Waals surface area contributed by atoms with Gasteiger partial charge in [0, 0.05) is 18.3 Å². The van der Waals surface area contributed by atoms with Gasteiger partial charge in [0.1, 0.15) is 5.69 Å². The van der Waals surface area contributed by atoms with Gasteiger partial charge in [0.25, 0.3) is 5.91 Å². The Morgan fingerprint density at radius 1 is 1.44 bits per heavy atom. The van der Waals surface area contributed by atoms with Gasteiger partial charge in [-0.25, -0.2) is 0 Å². The van der Waals surface area contributed by atoms with E-state index in [1.54, 1.807) is 0 Å². The van der Waals surface area contributed by atoms with Crippen molar-refractivity contribution in [2.45, 2.75) is 33.3 Å². The van der Waals surface area contributed by atoms with Gasteiger partial charge in [-0.2, -0.15) is 0 Å². The lowest BCUT2D eigenvalue weighted by Crippen LogP contribution is -2.28. The normalized spacial score (nSPS) is 12.5. The van der Waals surface area contributed by atoms with Gasteiger partial charge in [-0.3, -0.25) is 9.59 Å². The first-order chi connectivity index (χ1) is 8.41. The minimum absolute atomic E-state index is 0.0828. The summed E-state index contributed by atoms with van der Waals surface area (Å²) < 4.78 is 0. The van der Waals surface area contributed by atoms with Crippen molar-refractivity contribution >= 4 is 11.7 Å². The molecule has 0 aromatic carbocycles. The fraction of sp³-hybridized carbons (Fsp3) is 0.538. The molecular formula is C13H20N2O3. The number of amides is 1. The number of carbonyl (C=O) groups excluding carboxylic acids is 2. The maximum Gasteiger partial charge on any atom is 0.267 e. The van der Waals surface area contributed by atoms with Gasteiger partial charge >= 0.3 is 0 Å². The fourth-order valence-corrected chi connectivity index (χ4v) is 1.49. The highest BCUT2D eigenvalue weighted by atomic mass is 16.3. The quantitative estimate of drug-likeness (QED) is 0.668. The standard InChI is InChI=1S/C13H20N2O3/c1-8(2)12(17)4-5-14-13(18)11-6-10(7-15-11)9(3)16/h6-8,12,15,17H,4-5H2,1-3H3,(H,14,18). The van der Waals surface area contributed by atoms with Crippen LogP contribution < -0.4 is 5.32 Å². The van der Waals surface area contributed by atoms with E-state index in [2.05, 4.69) is 10.3 Å². The number of Topliss-reactive ketones (excluding diaryl/α,β-unsaturated/α-hetero) is 1. The topological polar surface area (TPSA) is 82.2 Å². The Hall–Kier alpha value is -1.62. The predicted molar refractivity (Wildman–Crippen MR) is 68.6 cm³/mol. The van der Waals surface area contributed by atoms with Crippen LogP contribution in [-0.2, 0) is 0 Å². The molecular weight excluding hydrogens is 232 g/mol. The van der Waals surface area contributed by atoms with Gasteiger partial charge in [0.05, 0.1) is 6.10 Å². The number of ketones is 1. The van der Waals surface area contributed by atoms with Gasteiger partial charge in [-0.15, -0.1) is 0 Å². The van der Waals surface area contributed by atoms with Crippen molar-refractivity contribution in [1.29, 1.82) is 0 Å². The average molecular weight is 252 g/mol. The summed E-state index contributed by atoms with van der Waals surface area (Å²) in [4.78, 5) is 25.5. The number of aliphatic hydroxyl groups excluding tert-OH is 1. The molecule has 0 fully saturated rings. The van der Waals surface area contributed by atoms with E-state index < -0.39 is 6.10 Å². The van der Waals surface area contributed by atoms with Crippen LogP contribution in [0.2, 0.25) is 0 Å². The van der Waals surface area contributed by atoms with Crippen molar-refractivity contribution in [3.05, 3.63) is 23.5 Å². The van der Waals surface area contributed by atoms with Gasteiger partial charge in [0.15, 0.2) is 5.78 Å². The van der Waals surface area contributed by atoms with Crippen LogP contribution in [-0.4, -0.2) is 34.4 Å². The summed E-state index contributed by atoms with van der Waals surface area (Å²) in [5.74, 6) is -0.171. The van der Waals surface area contributed by atoms with Crippen LogP contribution in [0.25, 0.3) is 0 Å². The third kappa shape index (κ3) is 4.00. The summed E-state index contributed by atoms with van der Waals surface area (Å²) in [5.41, 5.74) is 0.849. The zero-order chi connectivity index (χ0) is 13.7. The maximum atomic E-state index is 11.7. The van der Waals surface area contributed by atoms with Gasteiger partial charge in [-0.1, -0.05) is 13.8 Å². The number of aromatic amines is 1. The lowest BCUT2D eigenvalue weighted by Gasteiger charge is -2.14. The molecule has 100 valence electrons. The molecule has 0 aliphatic rings. The first-order valence-electron chi connectivity index (χ1n) is 6.07. The van der Waals surface area contributed by atoms with E-state index in [-0.39, 0.29) is 17.6 Å². The maximum absolute atomic E-state index is 11.7. The summed E-state index contributed by atoms with van der Waals surface area (Å²) in [6.45, 7) is 5.71. The Balaban J connectivity index is 2.43. The summed E-state index contributed by atoms with van der Waals surface area (Å²) in [7, 11) is 0. The first kappa shape index (κ1) is 14.4. The summed E-state index contributed by atoms with van der Waals surface area (Å²) in [6.07, 6.45) is 1.62. The van der Waals surface area contributed by atoms with E-state index in [0.717, 1.165) is 0 Å². The third-order valence-electron chi connectivity index (χ3n) is 2.83. The molecule has 1 aromatic rings. The van der Waals surface area contributed by atoms with Crippen molar-refractivity contribution < 1.29 is 14.7 Å². The lowest BCUT2D eigenvalue weighted by atomic mass is 10.0. The number of hydrogen-bond donors (Lipinski definition) is 3. The van der Waals surface area contributed by atoms with Crippen LogP contribution in [0.5, 0.6) is 0 Å². The van der Waals surface area contributed by atoms with Crippen LogP contribution in [0.1, 0.15) is 48.0 Å². The summed E-state index contributed by atoms with van der Waals surface area (Å²) in [6, 6.07) is 1.52. The highest BCUT2D eigenvalue weighted by molar-refractivity contribution is 5.99. The fourth-order valence-electron chi connectivity index (χ4n) is 1.49. The van der Waals surface area contributed by atoms with Crippen molar-refractivity contribution in [2.75, 3.05) is 6.54 Å². The number of aromatic nitrogens is 1. The second-order valence-corrected chi connectivity index (χ2v) is 4.71. The zero-order valence-corrected chi connectivity index (χ0v) is 11.0. The summed E-state index contributed by atoms with van der Waals surface area (Å²) >= 11 is 0. The Morgan fingerprint density at radius 3 is 2.61 bits per heavy atom. The molecule has 0 aliphatic carbocycles. The molecule has 1 heterocycles. The monoisotopic (exact) mass is 252 g/mol. The van der Waals surface area contributed by atoms with Crippen molar-refractivity contribution in [3.63, 3.8) is 0 Å². The lowest BCUT2D eigenvalue weighted by molar-refractivity contribution is 0.0916. The molecule has 1 aromatic heterocycles. The van der Waals surface area contributed by atoms with E-state index in [4.69, 9.17) is 0 Å². The van der Waals surface area contributed by atoms with Gasteiger partial charge < -0.3 is 15.4 Å². The van der Waals surface area contributed by atoms with Crippen LogP contribution in [0.15, 0.2) is 12.3 Å². The van der Waals surface area contributed by atoms with Gasteiger partial charge in [0.2, 0.25) is 0 Å². The average Bonchev–Trinajstić information content (AvgIpc) is 2.77. The van der Waals surface area contributed by atoms with Crippen LogP contribution in [0.4, 0.5) is 0 Å².